The van der Waals surface area contributed by atoms with Crippen molar-refractivity contribution in [3.63, 3.8) is 0 Å². The number of anilines is 2. The van der Waals surface area contributed by atoms with Crippen LogP contribution in [0.2, 0.25) is 0 Å². The smallest absolute Gasteiger partial charge is 0.127 e. The van der Waals surface area contributed by atoms with E-state index >= 15 is 0 Å². The van der Waals surface area contributed by atoms with Crippen LogP contribution in [0.1, 0.15) is 6.92 Å². The van der Waals surface area contributed by atoms with Gasteiger partial charge in [-0.1, -0.05) is 0 Å². The number of hydrogen-bond donors (Lipinski definition) is 1. The van der Waals surface area contributed by atoms with Crippen molar-refractivity contribution in [1.29, 1.82) is 0 Å². The van der Waals surface area contributed by atoms with Crippen LogP contribution in [0.15, 0.2) is 18.3 Å². The van der Waals surface area contributed by atoms with Gasteiger partial charge in [0.2, 0.25) is 0 Å². The van der Waals surface area contributed by atoms with Gasteiger partial charge in [0.1, 0.15) is 5.82 Å². The molecule has 1 rings (SSSR count). The van der Waals surface area contributed by atoms with Gasteiger partial charge in [-0.2, -0.15) is 0 Å². The number of pyridine rings is 1. The molecule has 0 saturated carbocycles. The molecule has 0 radical (unpaired) electrons. The van der Waals surface area contributed by atoms with E-state index in [1.807, 2.05) is 33.2 Å². The summed E-state index contributed by atoms with van der Waals surface area (Å²) >= 11 is 0. The molecule has 15 heavy (non-hydrogen) atoms. The molecule has 84 valence electrons. The Balaban J connectivity index is 2.52. The third kappa shape index (κ3) is 3.75. The number of rotatable bonds is 6. The molecular weight excluding hydrogens is 190 g/mol. The Bertz CT molecular complexity index is 291. The molecule has 1 aromatic heterocycles. The first-order valence-corrected chi connectivity index (χ1v) is 5.20. The van der Waals surface area contributed by atoms with Gasteiger partial charge in [-0.15, -0.1) is 0 Å². The van der Waals surface area contributed by atoms with Gasteiger partial charge in [-0.3, -0.25) is 0 Å². The molecular formula is C11H19N3O. The van der Waals surface area contributed by atoms with Gasteiger partial charge in [-0.05, 0) is 13.0 Å². The van der Waals surface area contributed by atoms with Crippen molar-refractivity contribution >= 4 is 11.5 Å². The van der Waals surface area contributed by atoms with Crippen LogP contribution in [0.3, 0.4) is 0 Å². The number of aromatic nitrogens is 1. The summed E-state index contributed by atoms with van der Waals surface area (Å²) in [5.74, 6) is 0.885. The monoisotopic (exact) mass is 209 g/mol. The molecule has 4 heteroatoms. The highest BCUT2D eigenvalue weighted by Gasteiger charge is 2.01. The lowest BCUT2D eigenvalue weighted by molar-refractivity contribution is 0.154. The molecule has 0 unspecified atom stereocenters. The van der Waals surface area contributed by atoms with E-state index in [2.05, 4.69) is 15.2 Å². The van der Waals surface area contributed by atoms with Crippen LogP contribution >= 0.6 is 0 Å². The lowest BCUT2D eigenvalue weighted by Gasteiger charge is -2.19. The molecule has 0 bridgehead atoms. The van der Waals surface area contributed by atoms with E-state index in [1.54, 1.807) is 6.20 Å². The molecule has 0 aliphatic rings. The molecule has 1 aromatic rings. The van der Waals surface area contributed by atoms with Gasteiger partial charge in [0.15, 0.2) is 0 Å². The summed E-state index contributed by atoms with van der Waals surface area (Å²) in [6.07, 6.45) is 1.80. The van der Waals surface area contributed by atoms with E-state index in [-0.39, 0.29) is 0 Å². The quantitative estimate of drug-likeness (QED) is 0.722. The number of nitrogens with zero attached hydrogens (tertiary/aromatic N) is 2. The molecule has 0 atom stereocenters. The average Bonchev–Trinajstić information content (AvgIpc) is 2.29. The van der Waals surface area contributed by atoms with Gasteiger partial charge in [0.25, 0.3) is 0 Å². The van der Waals surface area contributed by atoms with Crippen molar-refractivity contribution < 1.29 is 4.74 Å². The first kappa shape index (κ1) is 11.8. The van der Waals surface area contributed by atoms with E-state index in [9.17, 15) is 0 Å². The van der Waals surface area contributed by atoms with E-state index < -0.39 is 0 Å². The summed E-state index contributed by atoms with van der Waals surface area (Å²) in [6, 6.07) is 4.01. The summed E-state index contributed by atoms with van der Waals surface area (Å²) < 4.78 is 5.31. The highest BCUT2D eigenvalue weighted by molar-refractivity contribution is 5.53. The predicted octanol–water partition coefficient (Wildman–Crippen LogP) is 1.60. The van der Waals surface area contributed by atoms with Crippen LogP contribution in [-0.4, -0.2) is 38.8 Å². The molecule has 0 amide bonds. The van der Waals surface area contributed by atoms with Crippen LogP contribution in [0.4, 0.5) is 11.5 Å². The molecule has 1 N–H and O–H groups in total. The lowest BCUT2D eigenvalue weighted by atomic mass is 10.3. The minimum absolute atomic E-state index is 0.754. The minimum Gasteiger partial charge on any atom is -0.380 e. The number of ether oxygens (including phenoxy) is 1. The minimum atomic E-state index is 0.754. The highest BCUT2D eigenvalue weighted by Crippen LogP contribution is 2.14. The van der Waals surface area contributed by atoms with Crippen LogP contribution < -0.4 is 10.2 Å². The fourth-order valence-electron chi connectivity index (χ4n) is 1.27. The van der Waals surface area contributed by atoms with Crippen LogP contribution in [0.5, 0.6) is 0 Å². The summed E-state index contributed by atoms with van der Waals surface area (Å²) in [7, 11) is 3.92. The Hall–Kier alpha value is -1.29. The Morgan fingerprint density at radius 3 is 3.00 bits per heavy atom. The first-order chi connectivity index (χ1) is 7.27. The van der Waals surface area contributed by atoms with Crippen molar-refractivity contribution in [2.45, 2.75) is 6.92 Å². The van der Waals surface area contributed by atoms with E-state index in [4.69, 9.17) is 4.74 Å². The second kappa shape index (κ2) is 6.24. The normalized spacial score (nSPS) is 10.1. The third-order valence-corrected chi connectivity index (χ3v) is 2.22. The Morgan fingerprint density at radius 1 is 1.53 bits per heavy atom. The average molecular weight is 209 g/mol. The SMILES string of the molecule is CCOCCN(C)c1ccnc(NC)c1. The van der Waals surface area contributed by atoms with E-state index in [0.717, 1.165) is 31.3 Å². The standard InChI is InChI=1S/C11H19N3O/c1-4-15-8-7-14(3)10-5-6-13-11(9-10)12-2/h5-6,9H,4,7-8H2,1-3H3,(H,12,13). The predicted molar refractivity (Wildman–Crippen MR) is 63.5 cm³/mol. The number of hydrogen-bond acceptors (Lipinski definition) is 4. The molecule has 0 aromatic carbocycles. The maximum Gasteiger partial charge on any atom is 0.127 e. The van der Waals surface area contributed by atoms with Gasteiger partial charge < -0.3 is 15.0 Å². The zero-order chi connectivity index (χ0) is 11.1. The van der Waals surface area contributed by atoms with Gasteiger partial charge >= 0.3 is 0 Å². The van der Waals surface area contributed by atoms with Crippen LogP contribution in [0.25, 0.3) is 0 Å². The maximum atomic E-state index is 5.31. The van der Waals surface area contributed by atoms with Gasteiger partial charge in [0.05, 0.1) is 6.61 Å². The molecule has 0 saturated heterocycles. The first-order valence-electron chi connectivity index (χ1n) is 5.20. The molecule has 1 heterocycles. The largest absolute Gasteiger partial charge is 0.380 e. The molecule has 0 spiro atoms. The molecule has 0 fully saturated rings. The van der Waals surface area contributed by atoms with Crippen molar-refractivity contribution in [3.8, 4) is 0 Å². The summed E-state index contributed by atoms with van der Waals surface area (Å²) in [6.45, 7) is 4.42. The Morgan fingerprint density at radius 2 is 2.33 bits per heavy atom. The molecule has 0 aliphatic carbocycles. The Kier molecular flexibility index (Phi) is 4.90. The summed E-state index contributed by atoms with van der Waals surface area (Å²) in [4.78, 5) is 6.32. The molecule has 4 nitrogen and oxygen atoms in total. The topological polar surface area (TPSA) is 37.4 Å². The number of nitrogens with one attached hydrogen (secondary N) is 1. The fraction of sp³-hybridized carbons (Fsp3) is 0.545. The molecule has 0 aliphatic heterocycles. The van der Waals surface area contributed by atoms with Crippen molar-refractivity contribution in [1.82, 2.24) is 4.98 Å². The van der Waals surface area contributed by atoms with Gasteiger partial charge in [-0.25, -0.2) is 4.98 Å². The third-order valence-electron chi connectivity index (χ3n) is 2.22. The highest BCUT2D eigenvalue weighted by atomic mass is 16.5. The zero-order valence-electron chi connectivity index (χ0n) is 9.66. The van der Waals surface area contributed by atoms with Crippen molar-refractivity contribution in [2.24, 2.45) is 0 Å². The second-order valence-corrected chi connectivity index (χ2v) is 3.27. The summed E-state index contributed by atoms with van der Waals surface area (Å²) in [5, 5.41) is 3.02. The van der Waals surface area contributed by atoms with E-state index in [0.29, 0.717) is 0 Å². The fourth-order valence-corrected chi connectivity index (χ4v) is 1.27. The second-order valence-electron chi connectivity index (χ2n) is 3.27. The van der Waals surface area contributed by atoms with Gasteiger partial charge in [0, 0.05) is 45.2 Å². The number of likely N-dealkylation sites (N-methyl/N-ethyl adjacent to an activating group) is 1. The lowest BCUT2D eigenvalue weighted by Crippen LogP contribution is -2.22. The van der Waals surface area contributed by atoms with E-state index in [1.165, 1.54) is 0 Å². The van der Waals surface area contributed by atoms with Crippen molar-refractivity contribution in [2.75, 3.05) is 44.1 Å². The zero-order valence-corrected chi connectivity index (χ0v) is 9.66. The van der Waals surface area contributed by atoms with Crippen LogP contribution in [-0.2, 0) is 4.74 Å². The Labute approximate surface area is 91.3 Å². The maximum absolute atomic E-state index is 5.31. The van der Waals surface area contributed by atoms with Crippen molar-refractivity contribution in [3.05, 3.63) is 18.3 Å². The van der Waals surface area contributed by atoms with Crippen LogP contribution in [0, 0.1) is 0 Å². The summed E-state index contributed by atoms with van der Waals surface area (Å²) in [5.41, 5.74) is 1.15.